The van der Waals surface area contributed by atoms with Crippen LogP contribution in [0.5, 0.6) is 0 Å². The Bertz CT molecular complexity index is 355. The van der Waals surface area contributed by atoms with Gasteiger partial charge in [-0.1, -0.05) is 19.3 Å². The lowest BCUT2D eigenvalue weighted by Gasteiger charge is -2.35. The van der Waals surface area contributed by atoms with Gasteiger partial charge in [0.25, 0.3) is 0 Å². The van der Waals surface area contributed by atoms with Crippen molar-refractivity contribution >= 4 is 33.3 Å². The molecule has 17 heavy (non-hydrogen) atoms. The summed E-state index contributed by atoms with van der Waals surface area (Å²) < 4.78 is 0.954. The number of aromatic nitrogens is 2. The summed E-state index contributed by atoms with van der Waals surface area (Å²) in [7, 11) is 0. The molecule has 94 valence electrons. The fourth-order valence-corrected chi connectivity index (χ4v) is 3.09. The van der Waals surface area contributed by atoms with E-state index in [0.717, 1.165) is 16.8 Å². The number of rotatable bonds is 4. The van der Waals surface area contributed by atoms with Crippen molar-refractivity contribution in [3.63, 3.8) is 0 Å². The Labute approximate surface area is 116 Å². The molecule has 1 aliphatic rings. The second-order valence-corrected chi connectivity index (χ2v) is 5.60. The highest BCUT2D eigenvalue weighted by molar-refractivity contribution is 9.10. The molecule has 0 amide bonds. The average Bonchev–Trinajstić information content (AvgIpc) is 2.38. The quantitative estimate of drug-likeness (QED) is 0.794. The molecular formula is C12H17BrClN3. The molecule has 1 aliphatic carbocycles. The van der Waals surface area contributed by atoms with Crippen molar-refractivity contribution in [3.05, 3.63) is 17.0 Å². The van der Waals surface area contributed by atoms with E-state index in [9.17, 15) is 0 Å². The maximum Gasteiger partial charge on any atom is 0.146 e. The first-order valence-corrected chi connectivity index (χ1v) is 7.44. The van der Waals surface area contributed by atoms with Crippen molar-refractivity contribution < 1.29 is 0 Å². The second kappa shape index (κ2) is 6.55. The summed E-state index contributed by atoms with van der Waals surface area (Å²) in [5.74, 6) is 1.61. The minimum absolute atomic E-state index is 0.577. The van der Waals surface area contributed by atoms with Crippen molar-refractivity contribution in [1.29, 1.82) is 0 Å². The van der Waals surface area contributed by atoms with Crippen molar-refractivity contribution in [2.45, 2.75) is 38.1 Å². The minimum atomic E-state index is 0.577. The van der Waals surface area contributed by atoms with Gasteiger partial charge in [0.05, 0.1) is 4.47 Å². The molecule has 1 aromatic heterocycles. The highest BCUT2D eigenvalue weighted by atomic mass is 79.9. The molecule has 1 heterocycles. The first-order chi connectivity index (χ1) is 8.33. The van der Waals surface area contributed by atoms with Crippen LogP contribution >= 0.6 is 27.5 Å². The van der Waals surface area contributed by atoms with Gasteiger partial charge in [-0.2, -0.15) is 0 Å². The van der Waals surface area contributed by atoms with Crippen LogP contribution in [0.1, 0.15) is 32.1 Å². The van der Waals surface area contributed by atoms with Gasteiger partial charge in [-0.25, -0.2) is 9.97 Å². The molecule has 2 rings (SSSR count). The van der Waals surface area contributed by atoms with Crippen LogP contribution in [0, 0.1) is 0 Å². The Morgan fingerprint density at radius 2 is 2.12 bits per heavy atom. The Hall–Kier alpha value is -0.350. The van der Waals surface area contributed by atoms with Crippen LogP contribution in [-0.4, -0.2) is 28.4 Å². The first-order valence-electron chi connectivity index (χ1n) is 6.11. The number of nitrogens with zero attached hydrogens (tertiary/aromatic N) is 3. The second-order valence-electron chi connectivity index (χ2n) is 4.37. The van der Waals surface area contributed by atoms with E-state index in [1.54, 1.807) is 12.5 Å². The SMILES string of the molecule is ClCCN(c1ncncc1Br)C1CCCCC1. The van der Waals surface area contributed by atoms with Gasteiger partial charge in [-0.15, -0.1) is 11.6 Å². The van der Waals surface area contributed by atoms with Gasteiger partial charge < -0.3 is 4.90 Å². The topological polar surface area (TPSA) is 29.0 Å². The van der Waals surface area contributed by atoms with Crippen molar-refractivity contribution in [2.75, 3.05) is 17.3 Å². The molecular weight excluding hydrogens is 302 g/mol. The van der Waals surface area contributed by atoms with E-state index in [-0.39, 0.29) is 0 Å². The van der Waals surface area contributed by atoms with E-state index < -0.39 is 0 Å². The van der Waals surface area contributed by atoms with E-state index in [2.05, 4.69) is 30.8 Å². The predicted molar refractivity (Wildman–Crippen MR) is 74.7 cm³/mol. The summed E-state index contributed by atoms with van der Waals surface area (Å²) in [5.41, 5.74) is 0. The van der Waals surface area contributed by atoms with Gasteiger partial charge in [-0.05, 0) is 28.8 Å². The zero-order valence-electron chi connectivity index (χ0n) is 9.78. The van der Waals surface area contributed by atoms with E-state index >= 15 is 0 Å². The van der Waals surface area contributed by atoms with Gasteiger partial charge in [0.1, 0.15) is 12.1 Å². The smallest absolute Gasteiger partial charge is 0.146 e. The van der Waals surface area contributed by atoms with Crippen molar-refractivity contribution in [3.8, 4) is 0 Å². The molecule has 0 bridgehead atoms. The standard InChI is InChI=1S/C12H17BrClN3/c13-11-8-15-9-16-12(11)17(7-6-14)10-4-2-1-3-5-10/h8-10H,1-7H2. The highest BCUT2D eigenvalue weighted by Crippen LogP contribution is 2.30. The maximum absolute atomic E-state index is 5.92. The Morgan fingerprint density at radius 3 is 2.76 bits per heavy atom. The van der Waals surface area contributed by atoms with E-state index in [1.807, 2.05) is 0 Å². The monoisotopic (exact) mass is 317 g/mol. The summed E-state index contributed by atoms with van der Waals surface area (Å²) in [6.45, 7) is 0.849. The van der Waals surface area contributed by atoms with Crippen LogP contribution in [0.15, 0.2) is 17.0 Å². The predicted octanol–water partition coefficient (Wildman–Crippen LogP) is 3.62. The number of halogens is 2. The summed E-state index contributed by atoms with van der Waals surface area (Å²) in [6.07, 6.45) is 9.87. The summed E-state index contributed by atoms with van der Waals surface area (Å²) >= 11 is 9.44. The lowest BCUT2D eigenvalue weighted by atomic mass is 9.94. The van der Waals surface area contributed by atoms with Crippen LogP contribution in [0.3, 0.4) is 0 Å². The van der Waals surface area contributed by atoms with Gasteiger partial charge in [-0.3, -0.25) is 0 Å². The zero-order chi connectivity index (χ0) is 12.1. The first kappa shape index (κ1) is 13.1. The lowest BCUT2D eigenvalue weighted by molar-refractivity contribution is 0.416. The van der Waals surface area contributed by atoms with Crippen LogP contribution in [-0.2, 0) is 0 Å². The summed E-state index contributed by atoms with van der Waals surface area (Å²) in [4.78, 5) is 10.7. The summed E-state index contributed by atoms with van der Waals surface area (Å²) in [6, 6.07) is 0.577. The molecule has 1 saturated carbocycles. The molecule has 0 N–H and O–H groups in total. The average molecular weight is 319 g/mol. The van der Waals surface area contributed by atoms with E-state index in [1.165, 1.54) is 32.1 Å². The van der Waals surface area contributed by atoms with Crippen molar-refractivity contribution in [1.82, 2.24) is 9.97 Å². The molecule has 0 unspecified atom stereocenters. The number of hydrogen-bond donors (Lipinski definition) is 0. The third-order valence-electron chi connectivity index (χ3n) is 3.26. The fraction of sp³-hybridized carbons (Fsp3) is 0.667. The summed E-state index contributed by atoms with van der Waals surface area (Å²) in [5, 5.41) is 0. The maximum atomic E-state index is 5.92. The Morgan fingerprint density at radius 1 is 1.35 bits per heavy atom. The largest absolute Gasteiger partial charge is 0.351 e. The molecule has 1 fully saturated rings. The Kier molecular flexibility index (Phi) is 5.04. The highest BCUT2D eigenvalue weighted by Gasteiger charge is 2.23. The molecule has 0 aromatic carbocycles. The van der Waals surface area contributed by atoms with Gasteiger partial charge in [0.2, 0.25) is 0 Å². The normalized spacial score (nSPS) is 17.1. The molecule has 0 aliphatic heterocycles. The Balaban J connectivity index is 2.18. The molecule has 0 atom stereocenters. The molecule has 3 nitrogen and oxygen atoms in total. The van der Waals surface area contributed by atoms with Crippen LogP contribution in [0.25, 0.3) is 0 Å². The van der Waals surface area contributed by atoms with Gasteiger partial charge in [0.15, 0.2) is 0 Å². The van der Waals surface area contributed by atoms with Gasteiger partial charge >= 0.3 is 0 Å². The molecule has 0 spiro atoms. The molecule has 1 aromatic rings. The fourth-order valence-electron chi connectivity index (χ4n) is 2.46. The third-order valence-corrected chi connectivity index (χ3v) is 3.99. The molecule has 5 heteroatoms. The van der Waals surface area contributed by atoms with Crippen molar-refractivity contribution in [2.24, 2.45) is 0 Å². The van der Waals surface area contributed by atoms with E-state index in [0.29, 0.717) is 11.9 Å². The lowest BCUT2D eigenvalue weighted by Crippen LogP contribution is -2.39. The minimum Gasteiger partial charge on any atom is -0.351 e. The third kappa shape index (κ3) is 3.32. The van der Waals surface area contributed by atoms with Gasteiger partial charge in [0, 0.05) is 24.7 Å². The molecule has 0 radical (unpaired) electrons. The number of anilines is 1. The van der Waals surface area contributed by atoms with Crippen LogP contribution < -0.4 is 4.90 Å². The zero-order valence-corrected chi connectivity index (χ0v) is 12.1. The van der Waals surface area contributed by atoms with Crippen LogP contribution in [0.4, 0.5) is 5.82 Å². The van der Waals surface area contributed by atoms with Crippen LogP contribution in [0.2, 0.25) is 0 Å². The number of alkyl halides is 1. The van der Waals surface area contributed by atoms with E-state index in [4.69, 9.17) is 11.6 Å². The molecule has 0 saturated heterocycles. The number of hydrogen-bond acceptors (Lipinski definition) is 3.